The summed E-state index contributed by atoms with van der Waals surface area (Å²) in [5.74, 6) is 0.661. The predicted octanol–water partition coefficient (Wildman–Crippen LogP) is 1.58. The minimum absolute atomic E-state index is 0.316. The Labute approximate surface area is 87.4 Å². The molecule has 0 radical (unpaired) electrons. The van der Waals surface area contributed by atoms with Crippen LogP contribution in [-0.4, -0.2) is 15.8 Å². The van der Waals surface area contributed by atoms with Gasteiger partial charge < -0.3 is 5.73 Å². The average molecular weight is 201 g/mol. The zero-order chi connectivity index (χ0) is 10.8. The van der Waals surface area contributed by atoms with Crippen molar-refractivity contribution in [2.24, 2.45) is 0 Å². The van der Waals surface area contributed by atoms with Gasteiger partial charge in [0.05, 0.1) is 6.20 Å². The highest BCUT2D eigenvalue weighted by molar-refractivity contribution is 5.72. The Hall–Kier alpha value is -2.10. The molecule has 1 heterocycles. The summed E-state index contributed by atoms with van der Waals surface area (Å²) in [4.78, 5) is 14.6. The van der Waals surface area contributed by atoms with E-state index in [1.807, 2.05) is 31.2 Å². The van der Waals surface area contributed by atoms with E-state index in [2.05, 4.69) is 4.98 Å². The molecule has 0 amide bonds. The molecule has 2 N–H and O–H groups in total. The van der Waals surface area contributed by atoms with Crippen molar-refractivity contribution >= 4 is 12.1 Å². The highest BCUT2D eigenvalue weighted by atomic mass is 16.1. The second kappa shape index (κ2) is 3.57. The van der Waals surface area contributed by atoms with Crippen molar-refractivity contribution < 1.29 is 4.79 Å². The smallest absolute Gasteiger partial charge is 0.186 e. The SMILES string of the molecule is Cc1ccc(-n2cc(N)nc2C=O)cc1. The van der Waals surface area contributed by atoms with Gasteiger partial charge >= 0.3 is 0 Å². The van der Waals surface area contributed by atoms with Crippen LogP contribution in [0.2, 0.25) is 0 Å². The summed E-state index contributed by atoms with van der Waals surface area (Å²) in [6.07, 6.45) is 2.32. The highest BCUT2D eigenvalue weighted by Gasteiger charge is 2.05. The number of aldehydes is 1. The summed E-state index contributed by atoms with van der Waals surface area (Å²) in [5.41, 5.74) is 7.58. The van der Waals surface area contributed by atoms with E-state index < -0.39 is 0 Å². The van der Waals surface area contributed by atoms with Crippen molar-refractivity contribution in [1.29, 1.82) is 0 Å². The normalized spacial score (nSPS) is 10.2. The standard InChI is InChI=1S/C11H11N3O/c1-8-2-4-9(5-3-8)14-6-10(12)13-11(14)7-15/h2-7H,12H2,1H3. The van der Waals surface area contributed by atoms with Crippen molar-refractivity contribution in [3.8, 4) is 5.69 Å². The number of carbonyl (C=O) groups is 1. The Bertz CT molecular complexity index is 485. The first-order chi connectivity index (χ1) is 7.20. The molecule has 1 aromatic heterocycles. The van der Waals surface area contributed by atoms with Crippen LogP contribution in [0, 0.1) is 6.92 Å². The van der Waals surface area contributed by atoms with Gasteiger partial charge in [-0.2, -0.15) is 0 Å². The topological polar surface area (TPSA) is 60.9 Å². The van der Waals surface area contributed by atoms with Crippen LogP contribution in [0.1, 0.15) is 16.2 Å². The van der Waals surface area contributed by atoms with Gasteiger partial charge in [-0.3, -0.25) is 9.36 Å². The number of hydrogen-bond donors (Lipinski definition) is 1. The average Bonchev–Trinajstić information content (AvgIpc) is 2.61. The number of hydrogen-bond acceptors (Lipinski definition) is 3. The molecule has 1 aromatic carbocycles. The maximum Gasteiger partial charge on any atom is 0.186 e. The molecule has 0 saturated heterocycles. The Morgan fingerprint density at radius 1 is 1.33 bits per heavy atom. The molecule has 0 saturated carbocycles. The van der Waals surface area contributed by atoms with Crippen LogP contribution in [0.5, 0.6) is 0 Å². The van der Waals surface area contributed by atoms with E-state index in [0.29, 0.717) is 17.9 Å². The van der Waals surface area contributed by atoms with E-state index in [-0.39, 0.29) is 0 Å². The van der Waals surface area contributed by atoms with Crippen molar-refractivity contribution in [2.45, 2.75) is 6.92 Å². The molecule has 0 fully saturated rings. The van der Waals surface area contributed by atoms with Gasteiger partial charge in [0, 0.05) is 5.69 Å². The van der Waals surface area contributed by atoms with Gasteiger partial charge in [0.2, 0.25) is 0 Å². The van der Waals surface area contributed by atoms with Crippen LogP contribution < -0.4 is 5.73 Å². The summed E-state index contributed by atoms with van der Waals surface area (Å²) >= 11 is 0. The van der Waals surface area contributed by atoms with Crippen molar-refractivity contribution in [3.63, 3.8) is 0 Å². The lowest BCUT2D eigenvalue weighted by atomic mass is 10.2. The maximum absolute atomic E-state index is 10.7. The predicted molar refractivity (Wildman–Crippen MR) is 58.1 cm³/mol. The van der Waals surface area contributed by atoms with E-state index in [9.17, 15) is 4.79 Å². The lowest BCUT2D eigenvalue weighted by Gasteiger charge is -2.03. The second-order valence-corrected chi connectivity index (χ2v) is 3.35. The van der Waals surface area contributed by atoms with Crippen molar-refractivity contribution in [1.82, 2.24) is 9.55 Å². The monoisotopic (exact) mass is 201 g/mol. The fraction of sp³-hybridized carbons (Fsp3) is 0.0909. The number of carbonyl (C=O) groups excluding carboxylic acids is 1. The number of imidazole rings is 1. The lowest BCUT2D eigenvalue weighted by Crippen LogP contribution is -1.98. The lowest BCUT2D eigenvalue weighted by molar-refractivity contribution is 0.111. The van der Waals surface area contributed by atoms with Crippen molar-refractivity contribution in [3.05, 3.63) is 41.9 Å². The number of aromatic nitrogens is 2. The summed E-state index contributed by atoms with van der Waals surface area (Å²) in [7, 11) is 0. The first kappa shape index (κ1) is 9.45. The Morgan fingerprint density at radius 3 is 2.60 bits per heavy atom. The highest BCUT2D eigenvalue weighted by Crippen LogP contribution is 2.13. The molecule has 0 unspecified atom stereocenters. The fourth-order valence-electron chi connectivity index (χ4n) is 1.41. The number of anilines is 1. The van der Waals surface area contributed by atoms with Crippen LogP contribution in [0.15, 0.2) is 30.5 Å². The molecule has 0 spiro atoms. The zero-order valence-electron chi connectivity index (χ0n) is 8.34. The van der Waals surface area contributed by atoms with E-state index >= 15 is 0 Å². The van der Waals surface area contributed by atoms with Crippen molar-refractivity contribution in [2.75, 3.05) is 5.73 Å². The molecule has 0 aliphatic carbocycles. The minimum Gasteiger partial charge on any atom is -0.382 e. The number of nitrogens with two attached hydrogens (primary N) is 1. The van der Waals surface area contributed by atoms with Gasteiger partial charge in [-0.15, -0.1) is 0 Å². The minimum atomic E-state index is 0.316. The van der Waals surface area contributed by atoms with E-state index in [0.717, 1.165) is 5.69 Å². The van der Waals surface area contributed by atoms with Crippen LogP contribution in [0.25, 0.3) is 5.69 Å². The third kappa shape index (κ3) is 1.74. The van der Waals surface area contributed by atoms with Gasteiger partial charge in [-0.25, -0.2) is 4.98 Å². The Balaban J connectivity index is 2.52. The molecule has 4 heteroatoms. The number of rotatable bonds is 2. The summed E-state index contributed by atoms with van der Waals surface area (Å²) in [5, 5.41) is 0. The molecule has 0 atom stereocenters. The van der Waals surface area contributed by atoms with Gasteiger partial charge in [0.25, 0.3) is 0 Å². The zero-order valence-corrected chi connectivity index (χ0v) is 8.34. The molecular formula is C11H11N3O. The Kier molecular flexibility index (Phi) is 2.25. The van der Waals surface area contributed by atoms with Crippen LogP contribution in [-0.2, 0) is 0 Å². The van der Waals surface area contributed by atoms with Gasteiger partial charge in [-0.05, 0) is 19.1 Å². The number of nitrogens with zero attached hydrogens (tertiary/aromatic N) is 2. The quantitative estimate of drug-likeness (QED) is 0.750. The summed E-state index contributed by atoms with van der Waals surface area (Å²) < 4.78 is 1.67. The maximum atomic E-state index is 10.7. The van der Waals surface area contributed by atoms with Crippen LogP contribution in [0.3, 0.4) is 0 Å². The molecule has 15 heavy (non-hydrogen) atoms. The molecule has 0 bridgehead atoms. The molecule has 2 rings (SSSR count). The first-order valence-corrected chi connectivity index (χ1v) is 4.58. The second-order valence-electron chi connectivity index (χ2n) is 3.35. The molecular weight excluding hydrogens is 190 g/mol. The number of nitrogen functional groups attached to an aromatic ring is 1. The van der Waals surface area contributed by atoms with Crippen LogP contribution >= 0.6 is 0 Å². The summed E-state index contributed by atoms with van der Waals surface area (Å²) in [6, 6.07) is 7.78. The molecule has 4 nitrogen and oxygen atoms in total. The van der Waals surface area contributed by atoms with Gasteiger partial charge in [0.1, 0.15) is 5.82 Å². The summed E-state index contributed by atoms with van der Waals surface area (Å²) in [6.45, 7) is 2.01. The molecule has 2 aromatic rings. The van der Waals surface area contributed by atoms with E-state index in [1.54, 1.807) is 10.8 Å². The van der Waals surface area contributed by atoms with E-state index in [4.69, 9.17) is 5.73 Å². The Morgan fingerprint density at radius 2 is 2.00 bits per heavy atom. The fourth-order valence-corrected chi connectivity index (χ4v) is 1.41. The number of benzene rings is 1. The molecule has 76 valence electrons. The van der Waals surface area contributed by atoms with Crippen LogP contribution in [0.4, 0.5) is 5.82 Å². The van der Waals surface area contributed by atoms with Gasteiger partial charge in [0.15, 0.2) is 12.1 Å². The molecule has 0 aliphatic rings. The van der Waals surface area contributed by atoms with E-state index in [1.165, 1.54) is 5.56 Å². The molecule has 0 aliphatic heterocycles. The largest absolute Gasteiger partial charge is 0.382 e. The third-order valence-electron chi connectivity index (χ3n) is 2.17. The van der Waals surface area contributed by atoms with Gasteiger partial charge in [-0.1, -0.05) is 17.7 Å². The first-order valence-electron chi connectivity index (χ1n) is 4.58. The third-order valence-corrected chi connectivity index (χ3v) is 2.17. The number of aryl methyl sites for hydroxylation is 1.